The third-order valence-corrected chi connectivity index (χ3v) is 6.64. The van der Waals surface area contributed by atoms with Gasteiger partial charge in [-0.1, -0.05) is 24.1 Å². The summed E-state index contributed by atoms with van der Waals surface area (Å²) in [6.07, 6.45) is 1.76. The maximum absolute atomic E-state index is 12.8. The van der Waals surface area contributed by atoms with Crippen LogP contribution in [0.15, 0.2) is 65.7 Å². The van der Waals surface area contributed by atoms with Gasteiger partial charge >= 0.3 is 0 Å². The van der Waals surface area contributed by atoms with E-state index in [0.29, 0.717) is 11.3 Å². The standard InChI is InChI=1S/C25H26N4O6S/c1-2-3-15-35-20-10-12-21(13-11-20)36(33,34)29-23(25(31)28-32)9-6-14-26-24(30)19-16-18-7-4-5-8-22(18)27-17-19/h4-5,7-8,10-13,16-17,23,29,32H,6,9,14-15H2,1H3,(H,26,30)(H,28,31). The minimum Gasteiger partial charge on any atom is -0.481 e. The first-order valence-electron chi connectivity index (χ1n) is 11.1. The highest BCUT2D eigenvalue weighted by Gasteiger charge is 2.25. The fourth-order valence-electron chi connectivity index (χ4n) is 3.29. The Balaban J connectivity index is 1.56. The van der Waals surface area contributed by atoms with Crippen LogP contribution in [-0.4, -0.2) is 49.6 Å². The van der Waals surface area contributed by atoms with Crippen molar-refractivity contribution in [2.75, 3.05) is 13.2 Å². The Morgan fingerprint density at radius 1 is 1.14 bits per heavy atom. The molecule has 36 heavy (non-hydrogen) atoms. The van der Waals surface area contributed by atoms with E-state index in [1.165, 1.54) is 35.9 Å². The molecule has 0 bridgehead atoms. The Morgan fingerprint density at radius 3 is 2.61 bits per heavy atom. The average molecular weight is 511 g/mol. The van der Waals surface area contributed by atoms with Gasteiger partial charge in [-0.25, -0.2) is 13.9 Å². The molecule has 3 rings (SSSR count). The molecule has 0 fully saturated rings. The van der Waals surface area contributed by atoms with Crippen molar-refractivity contribution >= 4 is 32.7 Å². The third kappa shape index (κ3) is 7.26. The summed E-state index contributed by atoms with van der Waals surface area (Å²) < 4.78 is 33.2. The van der Waals surface area contributed by atoms with Gasteiger partial charge in [-0.05, 0) is 56.2 Å². The summed E-state index contributed by atoms with van der Waals surface area (Å²) >= 11 is 0. The highest BCUT2D eigenvalue weighted by atomic mass is 32.2. The first-order valence-corrected chi connectivity index (χ1v) is 12.5. The zero-order chi connectivity index (χ0) is 26.0. The van der Waals surface area contributed by atoms with Gasteiger partial charge in [0.25, 0.3) is 11.8 Å². The molecule has 188 valence electrons. The number of hydroxylamine groups is 1. The second-order valence-corrected chi connectivity index (χ2v) is 9.37. The van der Waals surface area contributed by atoms with Crippen LogP contribution in [0, 0.1) is 11.8 Å². The second kappa shape index (κ2) is 12.6. The maximum atomic E-state index is 12.8. The molecule has 10 nitrogen and oxygen atoms in total. The molecular weight excluding hydrogens is 484 g/mol. The molecule has 4 N–H and O–H groups in total. The molecule has 0 saturated heterocycles. The molecule has 1 heterocycles. The molecule has 1 unspecified atom stereocenters. The number of nitrogens with one attached hydrogen (secondary N) is 3. The largest absolute Gasteiger partial charge is 0.481 e. The van der Waals surface area contributed by atoms with Crippen LogP contribution >= 0.6 is 0 Å². The Hall–Kier alpha value is -3.98. The fourth-order valence-corrected chi connectivity index (χ4v) is 4.52. The van der Waals surface area contributed by atoms with Crippen LogP contribution in [0.4, 0.5) is 0 Å². The molecule has 2 amide bonds. The van der Waals surface area contributed by atoms with Crippen LogP contribution in [0.3, 0.4) is 0 Å². The molecular formula is C25H26N4O6S. The summed E-state index contributed by atoms with van der Waals surface area (Å²) in [5, 5.41) is 12.6. The van der Waals surface area contributed by atoms with Crippen LogP contribution in [0.25, 0.3) is 10.9 Å². The van der Waals surface area contributed by atoms with Crippen molar-refractivity contribution in [2.45, 2.75) is 30.7 Å². The number of rotatable bonds is 11. The molecule has 2 aromatic carbocycles. The predicted molar refractivity (Wildman–Crippen MR) is 133 cm³/mol. The van der Waals surface area contributed by atoms with E-state index in [2.05, 4.69) is 26.9 Å². The number of fused-ring (bicyclic) bond motifs is 1. The molecule has 0 aliphatic carbocycles. The smallest absolute Gasteiger partial charge is 0.261 e. The van der Waals surface area contributed by atoms with Crippen LogP contribution in [0.1, 0.15) is 30.1 Å². The van der Waals surface area contributed by atoms with Gasteiger partial charge in [0.1, 0.15) is 18.4 Å². The number of amides is 2. The lowest BCUT2D eigenvalue weighted by molar-refractivity contribution is -0.131. The van der Waals surface area contributed by atoms with Crippen LogP contribution in [0.2, 0.25) is 0 Å². The van der Waals surface area contributed by atoms with Gasteiger partial charge in [-0.3, -0.25) is 19.8 Å². The Bertz CT molecular complexity index is 1380. The molecule has 0 saturated carbocycles. The van der Waals surface area contributed by atoms with Gasteiger partial charge in [-0.15, -0.1) is 5.92 Å². The van der Waals surface area contributed by atoms with Gasteiger partial charge in [0.15, 0.2) is 0 Å². The fraction of sp³-hybridized carbons (Fsp3) is 0.240. The first kappa shape index (κ1) is 26.6. The molecule has 0 spiro atoms. The molecule has 0 aliphatic rings. The van der Waals surface area contributed by atoms with Crippen molar-refractivity contribution in [3.8, 4) is 17.6 Å². The van der Waals surface area contributed by atoms with Gasteiger partial charge in [0, 0.05) is 18.1 Å². The van der Waals surface area contributed by atoms with Crippen LogP contribution in [0.5, 0.6) is 5.75 Å². The van der Waals surface area contributed by atoms with E-state index in [1.54, 1.807) is 13.0 Å². The summed E-state index contributed by atoms with van der Waals surface area (Å²) in [5.74, 6) is 4.61. The second-order valence-electron chi connectivity index (χ2n) is 7.65. The van der Waals surface area contributed by atoms with Crippen molar-refractivity contribution in [1.82, 2.24) is 20.5 Å². The molecule has 11 heteroatoms. The van der Waals surface area contributed by atoms with Crippen LogP contribution in [-0.2, 0) is 14.8 Å². The number of nitrogens with zero attached hydrogens (tertiary/aromatic N) is 1. The quantitative estimate of drug-likeness (QED) is 0.134. The molecule has 1 atom stereocenters. The first-order chi connectivity index (χ1) is 17.3. The lowest BCUT2D eigenvalue weighted by Crippen LogP contribution is -2.46. The van der Waals surface area contributed by atoms with Crippen molar-refractivity contribution in [3.63, 3.8) is 0 Å². The van der Waals surface area contributed by atoms with Crippen molar-refractivity contribution in [2.24, 2.45) is 0 Å². The van der Waals surface area contributed by atoms with Gasteiger partial charge in [-0.2, -0.15) is 4.72 Å². The maximum Gasteiger partial charge on any atom is 0.261 e. The summed E-state index contributed by atoms with van der Waals surface area (Å²) in [7, 11) is -4.07. The van der Waals surface area contributed by atoms with Crippen molar-refractivity contribution in [1.29, 1.82) is 0 Å². The monoisotopic (exact) mass is 510 g/mol. The molecule has 1 aromatic heterocycles. The average Bonchev–Trinajstić information content (AvgIpc) is 2.90. The van der Waals surface area contributed by atoms with Crippen molar-refractivity contribution in [3.05, 3.63) is 66.4 Å². The number of carbonyl (C=O) groups excluding carboxylic acids is 2. The molecule has 3 aromatic rings. The number of para-hydroxylation sites is 1. The van der Waals surface area contributed by atoms with E-state index in [9.17, 15) is 18.0 Å². The minimum absolute atomic E-state index is 0.0265. The van der Waals surface area contributed by atoms with Gasteiger partial charge in [0.2, 0.25) is 10.0 Å². The van der Waals surface area contributed by atoms with E-state index in [4.69, 9.17) is 9.94 Å². The highest BCUT2D eigenvalue weighted by Crippen LogP contribution is 2.17. The summed E-state index contributed by atoms with van der Waals surface area (Å²) in [5.41, 5.74) is 2.63. The summed E-state index contributed by atoms with van der Waals surface area (Å²) in [6, 6.07) is 13.5. The van der Waals surface area contributed by atoms with Crippen molar-refractivity contribution < 1.29 is 28.0 Å². The van der Waals surface area contributed by atoms with Gasteiger partial charge < -0.3 is 10.1 Å². The lowest BCUT2D eigenvalue weighted by Gasteiger charge is -2.17. The zero-order valence-electron chi connectivity index (χ0n) is 19.5. The summed E-state index contributed by atoms with van der Waals surface area (Å²) in [6.45, 7) is 2.03. The Kier molecular flexibility index (Phi) is 9.35. The number of pyridine rings is 1. The van der Waals surface area contributed by atoms with Crippen LogP contribution < -0.4 is 20.3 Å². The Morgan fingerprint density at radius 2 is 1.89 bits per heavy atom. The lowest BCUT2D eigenvalue weighted by atomic mass is 10.1. The van der Waals surface area contributed by atoms with E-state index >= 15 is 0 Å². The van der Waals surface area contributed by atoms with E-state index in [0.717, 1.165) is 10.9 Å². The number of ether oxygens (including phenoxy) is 1. The highest BCUT2D eigenvalue weighted by molar-refractivity contribution is 7.89. The molecule has 0 aliphatic heterocycles. The topological polar surface area (TPSA) is 147 Å². The Labute approximate surface area is 209 Å². The number of benzene rings is 2. The normalized spacial score (nSPS) is 11.7. The number of carbonyl (C=O) groups is 2. The predicted octanol–water partition coefficient (Wildman–Crippen LogP) is 2.00. The van der Waals surface area contributed by atoms with E-state index in [1.807, 2.05) is 24.3 Å². The molecule has 0 radical (unpaired) electrons. The number of sulfonamides is 1. The van der Waals surface area contributed by atoms with Gasteiger partial charge in [0.05, 0.1) is 16.0 Å². The number of hydrogen-bond donors (Lipinski definition) is 4. The number of hydrogen-bond acceptors (Lipinski definition) is 7. The zero-order valence-corrected chi connectivity index (χ0v) is 20.3. The third-order valence-electron chi connectivity index (χ3n) is 5.15. The number of aromatic nitrogens is 1. The van der Waals surface area contributed by atoms with E-state index < -0.39 is 22.0 Å². The summed E-state index contributed by atoms with van der Waals surface area (Å²) in [4.78, 5) is 28.7. The van der Waals surface area contributed by atoms with E-state index in [-0.39, 0.29) is 36.8 Å². The SMILES string of the molecule is CC#CCOc1ccc(S(=O)(=O)NC(CCCNC(=O)c2cnc3ccccc3c2)C(=O)NO)cc1. The minimum atomic E-state index is -4.07.